The first-order valence-corrected chi connectivity index (χ1v) is 4.19. The zero-order chi connectivity index (χ0) is 6.69. The van der Waals surface area contributed by atoms with Gasteiger partial charge in [-0.3, -0.25) is 0 Å². The predicted molar refractivity (Wildman–Crippen MR) is 40.4 cm³/mol. The fourth-order valence-electron chi connectivity index (χ4n) is 0.665. The van der Waals surface area contributed by atoms with Crippen molar-refractivity contribution in [3.8, 4) is 0 Å². The Balaban J connectivity index is 0. The summed E-state index contributed by atoms with van der Waals surface area (Å²) in [7, 11) is 2.01. The number of thioether (sulfide) groups is 1. The number of rotatable bonds is 2. The molecule has 0 unspecified atom stereocenters. The van der Waals surface area contributed by atoms with Crippen LogP contribution < -0.4 is 12.4 Å². The quantitative estimate of drug-likeness (QED) is 0.615. The van der Waals surface area contributed by atoms with E-state index in [0.717, 1.165) is 11.6 Å². The second-order valence-electron chi connectivity index (χ2n) is 1.89. The largest absolute Gasteiger partial charge is 2.00 e. The standard InChI is InChI=1S/C6H10N2S.ClH.Pt/c1-8-4-3-7-6(8)5-9-2;;/h3-4H,5H2,1-2H3;1H;/q;;+2/p-1. The smallest absolute Gasteiger partial charge is 1.00 e. The van der Waals surface area contributed by atoms with Crippen LogP contribution in [0, 0.1) is 0 Å². The van der Waals surface area contributed by atoms with Crippen molar-refractivity contribution >= 4 is 11.8 Å². The topological polar surface area (TPSA) is 17.8 Å². The molecule has 0 N–H and O–H groups in total. The van der Waals surface area contributed by atoms with Gasteiger partial charge in [-0.05, 0) is 6.26 Å². The summed E-state index contributed by atoms with van der Waals surface area (Å²) in [6.45, 7) is 0. The summed E-state index contributed by atoms with van der Waals surface area (Å²) in [5.41, 5.74) is 0. The van der Waals surface area contributed by atoms with Crippen LogP contribution in [0.3, 0.4) is 0 Å². The third-order valence-electron chi connectivity index (χ3n) is 1.19. The van der Waals surface area contributed by atoms with Crippen molar-refractivity contribution in [2.24, 2.45) is 7.05 Å². The van der Waals surface area contributed by atoms with Crippen molar-refractivity contribution in [1.29, 1.82) is 0 Å². The van der Waals surface area contributed by atoms with Crippen LogP contribution >= 0.6 is 11.8 Å². The van der Waals surface area contributed by atoms with Crippen LogP contribution in [0.5, 0.6) is 0 Å². The molecule has 1 heterocycles. The zero-order valence-electron chi connectivity index (χ0n) is 6.36. The molecule has 0 aliphatic carbocycles. The Labute approximate surface area is 91.8 Å². The van der Waals surface area contributed by atoms with Crippen LogP contribution in [0.25, 0.3) is 0 Å². The molecule has 1 aromatic rings. The number of imidazole rings is 1. The first kappa shape index (κ1) is 14.1. The maximum Gasteiger partial charge on any atom is 2.00 e. The van der Waals surface area contributed by atoms with E-state index in [4.69, 9.17) is 0 Å². The fraction of sp³-hybridized carbons (Fsp3) is 0.500. The molecule has 0 bridgehead atoms. The summed E-state index contributed by atoms with van der Waals surface area (Å²) in [5, 5.41) is 0. The van der Waals surface area contributed by atoms with Gasteiger partial charge in [0.1, 0.15) is 5.82 Å². The van der Waals surface area contributed by atoms with Crippen molar-refractivity contribution in [1.82, 2.24) is 9.55 Å². The number of hydrogen-bond donors (Lipinski definition) is 0. The molecule has 2 nitrogen and oxygen atoms in total. The summed E-state index contributed by atoms with van der Waals surface area (Å²) in [5.74, 6) is 2.14. The van der Waals surface area contributed by atoms with Gasteiger partial charge in [-0.1, -0.05) is 0 Å². The van der Waals surface area contributed by atoms with Crippen LogP contribution in [0.2, 0.25) is 0 Å². The molecule has 0 fully saturated rings. The summed E-state index contributed by atoms with van der Waals surface area (Å²) in [4.78, 5) is 4.15. The van der Waals surface area contributed by atoms with Gasteiger partial charge in [-0.2, -0.15) is 11.8 Å². The summed E-state index contributed by atoms with van der Waals surface area (Å²) < 4.78 is 2.04. The Morgan fingerprint density at radius 3 is 2.64 bits per heavy atom. The van der Waals surface area contributed by atoms with E-state index in [1.165, 1.54) is 0 Å². The molecular weight excluding hydrogens is 363 g/mol. The van der Waals surface area contributed by atoms with Crippen molar-refractivity contribution < 1.29 is 33.5 Å². The minimum atomic E-state index is 0. The van der Waals surface area contributed by atoms with Crippen LogP contribution in [-0.2, 0) is 33.9 Å². The van der Waals surface area contributed by atoms with Crippen LogP contribution in [0.4, 0.5) is 0 Å². The van der Waals surface area contributed by atoms with E-state index < -0.39 is 0 Å². The number of aromatic nitrogens is 2. The van der Waals surface area contributed by atoms with Gasteiger partial charge in [0.05, 0.1) is 5.75 Å². The minimum absolute atomic E-state index is 0. The van der Waals surface area contributed by atoms with Gasteiger partial charge in [0.15, 0.2) is 0 Å². The van der Waals surface area contributed by atoms with Crippen LogP contribution in [0.1, 0.15) is 5.82 Å². The van der Waals surface area contributed by atoms with E-state index >= 15 is 0 Å². The van der Waals surface area contributed by atoms with Gasteiger partial charge >= 0.3 is 21.1 Å². The minimum Gasteiger partial charge on any atom is -1.00 e. The molecule has 0 atom stereocenters. The van der Waals surface area contributed by atoms with Gasteiger partial charge < -0.3 is 17.0 Å². The van der Waals surface area contributed by atoms with Gasteiger partial charge in [-0.15, -0.1) is 0 Å². The van der Waals surface area contributed by atoms with E-state index in [1.807, 2.05) is 24.0 Å². The van der Waals surface area contributed by atoms with Crippen molar-refractivity contribution in [2.45, 2.75) is 5.75 Å². The summed E-state index contributed by atoms with van der Waals surface area (Å²) in [6.07, 6.45) is 5.87. The molecule has 1 rings (SSSR count). The monoisotopic (exact) mass is 372 g/mol. The van der Waals surface area contributed by atoms with E-state index in [9.17, 15) is 0 Å². The molecule has 11 heavy (non-hydrogen) atoms. The van der Waals surface area contributed by atoms with Crippen LogP contribution in [-0.4, -0.2) is 15.8 Å². The molecule has 0 saturated heterocycles. The number of nitrogens with zero attached hydrogens (tertiary/aromatic N) is 2. The molecule has 1 aromatic heterocycles. The Kier molecular flexibility index (Phi) is 9.22. The van der Waals surface area contributed by atoms with Gasteiger partial charge in [0.25, 0.3) is 0 Å². The van der Waals surface area contributed by atoms with E-state index in [2.05, 4.69) is 11.2 Å². The summed E-state index contributed by atoms with van der Waals surface area (Å²) >= 11 is 1.79. The molecule has 0 spiro atoms. The van der Waals surface area contributed by atoms with Crippen molar-refractivity contribution in [2.75, 3.05) is 6.26 Å². The Morgan fingerprint density at radius 1 is 1.64 bits per heavy atom. The van der Waals surface area contributed by atoms with Crippen molar-refractivity contribution in [3.05, 3.63) is 18.2 Å². The molecule has 0 saturated carbocycles. The molecule has 0 aliphatic rings. The molecule has 0 radical (unpaired) electrons. The Morgan fingerprint density at radius 2 is 2.27 bits per heavy atom. The van der Waals surface area contributed by atoms with Gasteiger partial charge in [0.2, 0.25) is 0 Å². The van der Waals surface area contributed by atoms with E-state index in [1.54, 1.807) is 11.8 Å². The third-order valence-corrected chi connectivity index (χ3v) is 1.74. The maximum absolute atomic E-state index is 4.15. The average molecular weight is 373 g/mol. The number of hydrogen-bond acceptors (Lipinski definition) is 2. The third kappa shape index (κ3) is 4.19. The maximum atomic E-state index is 4.15. The predicted octanol–water partition coefficient (Wildman–Crippen LogP) is -1.72. The van der Waals surface area contributed by atoms with Crippen LogP contribution in [0.15, 0.2) is 12.4 Å². The van der Waals surface area contributed by atoms with Gasteiger partial charge in [0, 0.05) is 19.4 Å². The average Bonchev–Trinajstić information content (AvgIpc) is 2.18. The zero-order valence-corrected chi connectivity index (χ0v) is 10.2. The second-order valence-corrected chi connectivity index (χ2v) is 2.75. The number of halogens is 1. The molecule has 0 aliphatic heterocycles. The molecular formula is C6H10ClN2PtS+. The van der Waals surface area contributed by atoms with E-state index in [-0.39, 0.29) is 33.5 Å². The molecule has 0 amide bonds. The van der Waals surface area contributed by atoms with Gasteiger partial charge in [-0.25, -0.2) is 4.98 Å². The number of aryl methyl sites for hydroxylation is 1. The molecule has 5 heteroatoms. The fourth-order valence-corrected chi connectivity index (χ4v) is 1.20. The normalized spacial score (nSPS) is 8.18. The van der Waals surface area contributed by atoms with Crippen molar-refractivity contribution in [3.63, 3.8) is 0 Å². The first-order chi connectivity index (χ1) is 4.34. The Bertz CT molecular complexity index is 192. The second kappa shape index (κ2) is 7.20. The van der Waals surface area contributed by atoms with E-state index in [0.29, 0.717) is 0 Å². The first-order valence-electron chi connectivity index (χ1n) is 2.79. The Hall–Kier alpha value is 0.538. The molecule has 0 aromatic carbocycles. The SMILES string of the molecule is CSCc1nccn1C.[Cl-].[Pt+2]. The summed E-state index contributed by atoms with van der Waals surface area (Å²) in [6, 6.07) is 0. The molecule has 66 valence electrons.